The Morgan fingerprint density at radius 1 is 1.14 bits per heavy atom. The van der Waals surface area contributed by atoms with E-state index in [-0.39, 0.29) is 5.91 Å². The number of amides is 1. The van der Waals surface area contributed by atoms with Gasteiger partial charge >= 0.3 is 0 Å². The number of H-pyrrole nitrogens is 1. The molecule has 0 spiro atoms. The number of fused-ring (bicyclic) bond motifs is 1. The van der Waals surface area contributed by atoms with E-state index >= 15 is 0 Å². The summed E-state index contributed by atoms with van der Waals surface area (Å²) < 4.78 is 0. The fourth-order valence-electron chi connectivity index (χ4n) is 3.45. The van der Waals surface area contributed by atoms with E-state index in [4.69, 9.17) is 11.6 Å². The number of nitrogens with zero attached hydrogens (tertiary/aromatic N) is 2. The highest BCUT2D eigenvalue weighted by Crippen LogP contribution is 2.32. The van der Waals surface area contributed by atoms with Gasteiger partial charge in [-0.2, -0.15) is 0 Å². The van der Waals surface area contributed by atoms with Crippen molar-refractivity contribution in [3.8, 4) is 11.4 Å². The van der Waals surface area contributed by atoms with Crippen LogP contribution in [-0.4, -0.2) is 20.9 Å². The summed E-state index contributed by atoms with van der Waals surface area (Å²) >= 11 is 6.23. The number of carbonyl (C=O) groups excluding carboxylic acids is 1. The summed E-state index contributed by atoms with van der Waals surface area (Å²) in [6.07, 6.45) is 3.63. The van der Waals surface area contributed by atoms with Gasteiger partial charge in [0.05, 0.1) is 11.4 Å². The maximum absolute atomic E-state index is 12.3. The molecule has 3 heterocycles. The molecule has 0 aliphatic rings. The van der Waals surface area contributed by atoms with Crippen LogP contribution in [0.5, 0.6) is 0 Å². The van der Waals surface area contributed by atoms with Crippen LogP contribution in [0.3, 0.4) is 0 Å². The molecular formula is C23H21ClN4O. The second-order valence-electron chi connectivity index (χ2n) is 6.95. The maximum atomic E-state index is 12.3. The first-order valence-corrected chi connectivity index (χ1v) is 9.93. The van der Waals surface area contributed by atoms with Gasteiger partial charge in [0, 0.05) is 34.2 Å². The number of aromatic amines is 1. The first-order chi connectivity index (χ1) is 14.1. The number of nitrogens with one attached hydrogen (secondary N) is 2. The van der Waals surface area contributed by atoms with Crippen molar-refractivity contribution in [2.45, 2.75) is 26.2 Å². The van der Waals surface area contributed by atoms with Crippen molar-refractivity contribution < 1.29 is 4.79 Å². The minimum atomic E-state index is -0.0413. The van der Waals surface area contributed by atoms with Crippen LogP contribution in [0, 0.1) is 6.92 Å². The van der Waals surface area contributed by atoms with Crippen LogP contribution in [0.15, 0.2) is 60.8 Å². The van der Waals surface area contributed by atoms with E-state index in [1.165, 1.54) is 0 Å². The average molecular weight is 405 g/mol. The predicted molar refractivity (Wildman–Crippen MR) is 117 cm³/mol. The van der Waals surface area contributed by atoms with E-state index in [0.717, 1.165) is 40.0 Å². The molecule has 146 valence electrons. The maximum Gasteiger partial charge on any atom is 0.225 e. The zero-order valence-electron chi connectivity index (χ0n) is 16.1. The quantitative estimate of drug-likeness (QED) is 0.442. The molecule has 5 nitrogen and oxygen atoms in total. The van der Waals surface area contributed by atoms with Gasteiger partial charge in [0.2, 0.25) is 5.91 Å². The summed E-state index contributed by atoms with van der Waals surface area (Å²) in [4.78, 5) is 24.6. The van der Waals surface area contributed by atoms with Crippen LogP contribution in [-0.2, 0) is 11.2 Å². The second kappa shape index (κ2) is 8.45. The lowest BCUT2D eigenvalue weighted by Crippen LogP contribution is -2.12. The van der Waals surface area contributed by atoms with Crippen LogP contribution < -0.4 is 5.32 Å². The summed E-state index contributed by atoms with van der Waals surface area (Å²) in [5.74, 6) is 0.545. The molecule has 0 saturated heterocycles. The van der Waals surface area contributed by atoms with Gasteiger partial charge < -0.3 is 10.3 Å². The molecule has 0 bridgehead atoms. The molecule has 0 atom stereocenters. The zero-order valence-corrected chi connectivity index (χ0v) is 16.8. The third-order valence-corrected chi connectivity index (χ3v) is 5.01. The Hall–Kier alpha value is -3.18. The molecule has 4 aromatic rings. The molecule has 1 aromatic carbocycles. The van der Waals surface area contributed by atoms with E-state index in [9.17, 15) is 4.79 Å². The topological polar surface area (TPSA) is 70.7 Å². The number of aryl methyl sites for hydroxylation is 2. The fraction of sp³-hybridized carbons (Fsp3) is 0.174. The number of rotatable bonds is 6. The molecule has 4 rings (SSSR count). The van der Waals surface area contributed by atoms with Gasteiger partial charge in [-0.3, -0.25) is 9.78 Å². The minimum Gasteiger partial charge on any atom is -0.353 e. The number of benzene rings is 1. The number of carbonyl (C=O) groups is 1. The van der Waals surface area contributed by atoms with E-state index < -0.39 is 0 Å². The van der Waals surface area contributed by atoms with Gasteiger partial charge in [-0.05, 0) is 67.8 Å². The summed E-state index contributed by atoms with van der Waals surface area (Å²) in [5.41, 5.74) is 4.87. The highest BCUT2D eigenvalue weighted by Gasteiger charge is 2.15. The lowest BCUT2D eigenvalue weighted by atomic mass is 10.0. The molecule has 1 amide bonds. The van der Waals surface area contributed by atoms with Gasteiger partial charge in [0.25, 0.3) is 0 Å². The number of hydrogen-bond donors (Lipinski definition) is 2. The van der Waals surface area contributed by atoms with Crippen molar-refractivity contribution in [3.63, 3.8) is 0 Å². The summed E-state index contributed by atoms with van der Waals surface area (Å²) in [7, 11) is 0. The van der Waals surface area contributed by atoms with Gasteiger partial charge in [-0.15, -0.1) is 0 Å². The highest BCUT2D eigenvalue weighted by molar-refractivity contribution is 6.31. The van der Waals surface area contributed by atoms with Gasteiger partial charge in [0.15, 0.2) is 0 Å². The minimum absolute atomic E-state index is 0.0413. The molecule has 0 saturated carbocycles. The highest BCUT2D eigenvalue weighted by atomic mass is 35.5. The third-order valence-electron chi connectivity index (χ3n) is 4.78. The molecule has 6 heteroatoms. The fourth-order valence-corrected chi connectivity index (χ4v) is 3.62. The Morgan fingerprint density at radius 3 is 2.83 bits per heavy atom. The van der Waals surface area contributed by atoms with E-state index in [0.29, 0.717) is 23.7 Å². The van der Waals surface area contributed by atoms with Crippen LogP contribution in [0.4, 0.5) is 5.82 Å². The Morgan fingerprint density at radius 2 is 2.03 bits per heavy atom. The van der Waals surface area contributed by atoms with Gasteiger partial charge in [0.1, 0.15) is 5.82 Å². The third kappa shape index (κ3) is 4.46. The van der Waals surface area contributed by atoms with Crippen molar-refractivity contribution >= 4 is 34.2 Å². The molecule has 0 aliphatic carbocycles. The Balaban J connectivity index is 1.52. The number of pyridine rings is 2. The number of aromatic nitrogens is 3. The molecule has 3 aromatic heterocycles. The van der Waals surface area contributed by atoms with E-state index in [2.05, 4.69) is 20.3 Å². The first-order valence-electron chi connectivity index (χ1n) is 9.55. The largest absolute Gasteiger partial charge is 0.353 e. The van der Waals surface area contributed by atoms with Crippen molar-refractivity contribution in [1.82, 2.24) is 15.0 Å². The molecule has 0 unspecified atom stereocenters. The smallest absolute Gasteiger partial charge is 0.225 e. The van der Waals surface area contributed by atoms with Gasteiger partial charge in [-0.25, -0.2) is 4.98 Å². The number of hydrogen-bond acceptors (Lipinski definition) is 3. The Kier molecular flexibility index (Phi) is 5.58. The number of halogens is 1. The predicted octanol–water partition coefficient (Wildman–Crippen LogP) is 5.55. The van der Waals surface area contributed by atoms with Crippen molar-refractivity contribution in [1.29, 1.82) is 0 Å². The normalized spacial score (nSPS) is 11.0. The molecule has 0 fully saturated rings. The molecular weight excluding hydrogens is 384 g/mol. The molecule has 29 heavy (non-hydrogen) atoms. The summed E-state index contributed by atoms with van der Waals surface area (Å²) in [6, 6.07) is 17.2. The SMILES string of the molecule is Cc1cccc(NC(=O)CCCc2c(-c3ccccn3)[nH]c3ccc(Cl)cc23)n1. The zero-order chi connectivity index (χ0) is 20.2. The lowest BCUT2D eigenvalue weighted by molar-refractivity contribution is -0.116. The average Bonchev–Trinajstić information content (AvgIpc) is 3.06. The lowest BCUT2D eigenvalue weighted by Gasteiger charge is -2.07. The van der Waals surface area contributed by atoms with E-state index in [1.807, 2.05) is 55.5 Å². The van der Waals surface area contributed by atoms with E-state index in [1.54, 1.807) is 12.3 Å². The van der Waals surface area contributed by atoms with Crippen LogP contribution >= 0.6 is 11.6 Å². The molecule has 2 N–H and O–H groups in total. The van der Waals surface area contributed by atoms with Crippen LogP contribution in [0.2, 0.25) is 5.02 Å². The van der Waals surface area contributed by atoms with Crippen LogP contribution in [0.25, 0.3) is 22.3 Å². The van der Waals surface area contributed by atoms with Crippen LogP contribution in [0.1, 0.15) is 24.1 Å². The molecule has 0 radical (unpaired) electrons. The van der Waals surface area contributed by atoms with Crippen molar-refractivity contribution in [2.75, 3.05) is 5.32 Å². The summed E-state index contributed by atoms with van der Waals surface area (Å²) in [5, 5.41) is 4.62. The van der Waals surface area contributed by atoms with Crippen molar-refractivity contribution in [3.05, 3.63) is 77.1 Å². The first kappa shape index (κ1) is 19.2. The Labute approximate surface area is 174 Å². The summed E-state index contributed by atoms with van der Waals surface area (Å²) in [6.45, 7) is 1.90. The van der Waals surface area contributed by atoms with Gasteiger partial charge in [-0.1, -0.05) is 23.7 Å². The second-order valence-corrected chi connectivity index (χ2v) is 7.39. The standard InChI is InChI=1S/C23H21ClN4O/c1-15-6-4-9-21(26-15)28-22(29)10-5-7-17-18-14-16(24)11-12-19(18)27-23(17)20-8-2-3-13-25-20/h2-4,6,8-9,11-14,27H,5,7,10H2,1H3,(H,26,28,29). The monoisotopic (exact) mass is 404 g/mol. The Bertz CT molecular complexity index is 1150. The van der Waals surface area contributed by atoms with Crippen molar-refractivity contribution in [2.24, 2.45) is 0 Å². The number of anilines is 1. The molecule has 0 aliphatic heterocycles.